The largest absolute Gasteiger partial charge is 0.508 e. The summed E-state index contributed by atoms with van der Waals surface area (Å²) in [6.45, 7) is 2.35. The average molecular weight is 253 g/mol. The Labute approximate surface area is 103 Å². The van der Waals surface area contributed by atoms with E-state index < -0.39 is 10.8 Å². The van der Waals surface area contributed by atoms with Crippen molar-refractivity contribution in [3.8, 4) is 11.5 Å². The first-order chi connectivity index (χ1) is 8.24. The van der Waals surface area contributed by atoms with Crippen molar-refractivity contribution in [1.29, 1.82) is 0 Å². The Balaban J connectivity index is 1.81. The van der Waals surface area contributed by atoms with Crippen molar-refractivity contribution in [3.63, 3.8) is 0 Å². The molecule has 0 saturated carbocycles. The van der Waals surface area contributed by atoms with Crippen LogP contribution < -0.4 is 4.74 Å². The second-order valence-corrected chi connectivity index (χ2v) is 6.13. The molecule has 2 aliphatic heterocycles. The summed E-state index contributed by atoms with van der Waals surface area (Å²) in [6, 6.07) is 5.54. The Kier molecular flexibility index (Phi) is 2.80. The predicted octanol–water partition coefficient (Wildman–Crippen LogP) is 0.890. The van der Waals surface area contributed by atoms with E-state index >= 15 is 0 Å². The number of aromatic hydroxyl groups is 1. The molecule has 2 aliphatic rings. The van der Waals surface area contributed by atoms with Crippen LogP contribution in [0.5, 0.6) is 11.5 Å². The molecule has 5 heteroatoms. The summed E-state index contributed by atoms with van der Waals surface area (Å²) in [5, 5.41) is 9.39. The molecule has 1 unspecified atom stereocenters. The van der Waals surface area contributed by atoms with Crippen molar-refractivity contribution in [1.82, 2.24) is 4.90 Å². The lowest BCUT2D eigenvalue weighted by molar-refractivity contribution is 0.176. The normalized spacial score (nSPS) is 25.5. The summed E-state index contributed by atoms with van der Waals surface area (Å²) >= 11 is 0. The standard InChI is InChI=1S/C12H15NO3S/c14-9-1-2-10-11(8-16-12(10)7-9)13-3-5-17(15)6-4-13/h1-2,7,11,14H,3-6,8H2. The van der Waals surface area contributed by atoms with Crippen molar-refractivity contribution in [2.45, 2.75) is 6.04 Å². The summed E-state index contributed by atoms with van der Waals surface area (Å²) in [6.07, 6.45) is 0. The summed E-state index contributed by atoms with van der Waals surface area (Å²) in [5.41, 5.74) is 1.13. The van der Waals surface area contributed by atoms with E-state index in [-0.39, 0.29) is 11.8 Å². The van der Waals surface area contributed by atoms with Gasteiger partial charge in [-0.2, -0.15) is 0 Å². The zero-order valence-corrected chi connectivity index (χ0v) is 10.3. The van der Waals surface area contributed by atoms with Gasteiger partial charge in [0.15, 0.2) is 0 Å². The molecule has 0 spiro atoms. The lowest BCUT2D eigenvalue weighted by Gasteiger charge is -2.30. The molecule has 1 aromatic carbocycles. The maximum atomic E-state index is 11.3. The minimum absolute atomic E-state index is 0.240. The molecule has 1 saturated heterocycles. The van der Waals surface area contributed by atoms with E-state index in [4.69, 9.17) is 4.74 Å². The molecule has 0 aliphatic carbocycles. The first-order valence-electron chi connectivity index (χ1n) is 5.79. The summed E-state index contributed by atoms with van der Waals surface area (Å²) in [7, 11) is -0.645. The molecule has 4 nitrogen and oxygen atoms in total. The van der Waals surface area contributed by atoms with Gasteiger partial charge < -0.3 is 9.84 Å². The number of ether oxygens (including phenoxy) is 1. The van der Waals surface area contributed by atoms with E-state index in [0.717, 1.165) is 35.9 Å². The predicted molar refractivity (Wildman–Crippen MR) is 65.8 cm³/mol. The number of benzene rings is 1. The third-order valence-corrected chi connectivity index (χ3v) is 4.68. The van der Waals surface area contributed by atoms with Crippen LogP contribution in [0.3, 0.4) is 0 Å². The van der Waals surface area contributed by atoms with Gasteiger partial charge in [-0.15, -0.1) is 0 Å². The molecule has 17 heavy (non-hydrogen) atoms. The Hall–Kier alpha value is -1.07. The first-order valence-corrected chi connectivity index (χ1v) is 7.27. The van der Waals surface area contributed by atoms with Gasteiger partial charge in [0.05, 0.1) is 6.04 Å². The molecular formula is C12H15NO3S. The molecule has 92 valence electrons. The number of fused-ring (bicyclic) bond motifs is 1. The summed E-state index contributed by atoms with van der Waals surface area (Å²) in [5.74, 6) is 2.53. The third-order valence-electron chi connectivity index (χ3n) is 3.41. The lowest BCUT2D eigenvalue weighted by Crippen LogP contribution is -2.40. The van der Waals surface area contributed by atoms with Crippen LogP contribution >= 0.6 is 0 Å². The highest BCUT2D eigenvalue weighted by Gasteiger charge is 2.31. The molecule has 3 rings (SSSR count). The fraction of sp³-hybridized carbons (Fsp3) is 0.500. The van der Waals surface area contributed by atoms with E-state index in [2.05, 4.69) is 4.90 Å². The first kappa shape index (κ1) is 11.0. The Morgan fingerprint density at radius 1 is 1.35 bits per heavy atom. The fourth-order valence-electron chi connectivity index (χ4n) is 2.45. The van der Waals surface area contributed by atoms with Crippen molar-refractivity contribution in [2.24, 2.45) is 0 Å². The number of nitrogens with zero attached hydrogens (tertiary/aromatic N) is 1. The van der Waals surface area contributed by atoms with Crippen LogP contribution in [0.25, 0.3) is 0 Å². The van der Waals surface area contributed by atoms with Gasteiger partial charge in [0.25, 0.3) is 0 Å². The van der Waals surface area contributed by atoms with E-state index in [1.165, 1.54) is 0 Å². The highest BCUT2D eigenvalue weighted by atomic mass is 32.2. The molecule has 0 bridgehead atoms. The average Bonchev–Trinajstić information content (AvgIpc) is 2.73. The van der Waals surface area contributed by atoms with Crippen molar-refractivity contribution in [3.05, 3.63) is 23.8 Å². The van der Waals surface area contributed by atoms with Gasteiger partial charge in [0, 0.05) is 47.0 Å². The van der Waals surface area contributed by atoms with Gasteiger partial charge in [-0.3, -0.25) is 9.11 Å². The van der Waals surface area contributed by atoms with Gasteiger partial charge in [-0.1, -0.05) is 0 Å². The van der Waals surface area contributed by atoms with Crippen LogP contribution in [0.4, 0.5) is 0 Å². The van der Waals surface area contributed by atoms with E-state index in [1.807, 2.05) is 6.07 Å². The zero-order chi connectivity index (χ0) is 11.8. The van der Waals surface area contributed by atoms with Gasteiger partial charge in [-0.25, -0.2) is 0 Å². The fourth-order valence-corrected chi connectivity index (χ4v) is 3.53. The number of hydrogen-bond donors (Lipinski definition) is 1. The van der Waals surface area contributed by atoms with Crippen LogP contribution in [-0.4, -0.2) is 45.4 Å². The van der Waals surface area contributed by atoms with Crippen LogP contribution in [0, 0.1) is 0 Å². The minimum Gasteiger partial charge on any atom is -0.508 e. The lowest BCUT2D eigenvalue weighted by atomic mass is 10.1. The molecule has 0 radical (unpaired) electrons. The van der Waals surface area contributed by atoms with Crippen molar-refractivity contribution >= 4 is 10.8 Å². The van der Waals surface area contributed by atoms with Crippen LogP contribution in [0.15, 0.2) is 18.2 Å². The van der Waals surface area contributed by atoms with E-state index in [9.17, 15) is 9.32 Å². The molecule has 1 atom stereocenters. The molecule has 2 heterocycles. The third kappa shape index (κ3) is 2.05. The Morgan fingerprint density at radius 3 is 2.88 bits per heavy atom. The van der Waals surface area contributed by atoms with Crippen molar-refractivity contribution in [2.75, 3.05) is 31.2 Å². The Morgan fingerprint density at radius 2 is 2.12 bits per heavy atom. The van der Waals surface area contributed by atoms with Gasteiger partial charge >= 0.3 is 0 Å². The summed E-state index contributed by atoms with van der Waals surface area (Å²) < 4.78 is 16.9. The number of phenols is 1. The number of hydrogen-bond acceptors (Lipinski definition) is 4. The van der Waals surface area contributed by atoms with Gasteiger partial charge in [-0.05, 0) is 12.1 Å². The molecule has 0 aromatic heterocycles. The smallest absolute Gasteiger partial charge is 0.127 e. The van der Waals surface area contributed by atoms with Crippen LogP contribution in [0.1, 0.15) is 11.6 Å². The molecule has 1 N–H and O–H groups in total. The van der Waals surface area contributed by atoms with E-state index in [1.54, 1.807) is 12.1 Å². The highest BCUT2D eigenvalue weighted by molar-refractivity contribution is 7.85. The van der Waals surface area contributed by atoms with Gasteiger partial charge in [0.2, 0.25) is 0 Å². The second kappa shape index (κ2) is 4.31. The molecule has 1 fully saturated rings. The monoisotopic (exact) mass is 253 g/mol. The molecular weight excluding hydrogens is 238 g/mol. The molecule has 0 amide bonds. The summed E-state index contributed by atoms with van der Waals surface area (Å²) in [4.78, 5) is 2.32. The van der Waals surface area contributed by atoms with Crippen LogP contribution in [0.2, 0.25) is 0 Å². The second-order valence-electron chi connectivity index (χ2n) is 4.43. The van der Waals surface area contributed by atoms with Crippen molar-refractivity contribution < 1.29 is 14.1 Å². The molecule has 1 aromatic rings. The Bertz CT molecular complexity index is 453. The SMILES string of the molecule is O=S1CCN(C2COc3cc(O)ccc32)CC1. The zero-order valence-electron chi connectivity index (χ0n) is 9.46. The van der Waals surface area contributed by atoms with E-state index in [0.29, 0.717) is 6.61 Å². The topological polar surface area (TPSA) is 49.8 Å². The number of phenolic OH excluding ortho intramolecular Hbond substituents is 1. The van der Waals surface area contributed by atoms with Gasteiger partial charge in [0.1, 0.15) is 18.1 Å². The minimum atomic E-state index is -0.645. The quantitative estimate of drug-likeness (QED) is 0.807. The van der Waals surface area contributed by atoms with Crippen LogP contribution in [-0.2, 0) is 10.8 Å². The maximum Gasteiger partial charge on any atom is 0.127 e. The maximum absolute atomic E-state index is 11.3. The highest BCUT2D eigenvalue weighted by Crippen LogP contribution is 2.38. The number of rotatable bonds is 1.